The molecule has 0 unspecified atom stereocenters. The Balaban J connectivity index is 2.26. The Bertz CT molecular complexity index is 494. The van der Waals surface area contributed by atoms with Gasteiger partial charge in [-0.15, -0.1) is 0 Å². The summed E-state index contributed by atoms with van der Waals surface area (Å²) < 4.78 is 0. The van der Waals surface area contributed by atoms with Gasteiger partial charge in [0, 0.05) is 12.4 Å². The van der Waals surface area contributed by atoms with Crippen LogP contribution in [-0.2, 0) is 6.42 Å². The quantitative estimate of drug-likeness (QED) is 0.872. The van der Waals surface area contributed by atoms with Crippen molar-refractivity contribution in [2.45, 2.75) is 19.8 Å². The molecule has 0 radical (unpaired) electrons. The van der Waals surface area contributed by atoms with Gasteiger partial charge in [-0.1, -0.05) is 0 Å². The van der Waals surface area contributed by atoms with Gasteiger partial charge in [-0.2, -0.15) is 0 Å². The van der Waals surface area contributed by atoms with E-state index in [1.54, 1.807) is 0 Å². The standard InChI is InChI=1S/C14H17N3/c1-11-4-7-16-13(9-11)14-10-12(3-2-6-15)5-8-17-14/h4-5,7-10H,2-3,6,15H2,1H3. The number of rotatable bonds is 4. The van der Waals surface area contributed by atoms with Gasteiger partial charge < -0.3 is 5.73 Å². The van der Waals surface area contributed by atoms with Gasteiger partial charge in [-0.3, -0.25) is 9.97 Å². The molecule has 0 spiro atoms. The molecule has 0 saturated heterocycles. The Hall–Kier alpha value is -1.74. The van der Waals surface area contributed by atoms with E-state index in [0.717, 1.165) is 30.8 Å². The molecular weight excluding hydrogens is 210 g/mol. The highest BCUT2D eigenvalue weighted by Gasteiger charge is 2.02. The minimum Gasteiger partial charge on any atom is -0.330 e. The minimum atomic E-state index is 0.723. The number of hydrogen-bond acceptors (Lipinski definition) is 3. The van der Waals surface area contributed by atoms with Crippen molar-refractivity contribution in [3.05, 3.63) is 47.8 Å². The number of aryl methyl sites for hydroxylation is 2. The zero-order valence-corrected chi connectivity index (χ0v) is 10.1. The highest BCUT2D eigenvalue weighted by atomic mass is 14.8. The van der Waals surface area contributed by atoms with Crippen LogP contribution in [0.3, 0.4) is 0 Å². The molecule has 0 saturated carbocycles. The summed E-state index contributed by atoms with van der Waals surface area (Å²) in [5, 5.41) is 0. The number of nitrogens with zero attached hydrogens (tertiary/aromatic N) is 2. The molecule has 0 bridgehead atoms. The van der Waals surface area contributed by atoms with E-state index in [2.05, 4.69) is 29.0 Å². The van der Waals surface area contributed by atoms with Crippen molar-refractivity contribution in [2.75, 3.05) is 6.54 Å². The van der Waals surface area contributed by atoms with Crippen molar-refractivity contribution < 1.29 is 0 Å². The molecule has 3 heteroatoms. The first-order chi connectivity index (χ1) is 8.29. The molecule has 2 aromatic heterocycles. The molecule has 0 atom stereocenters. The lowest BCUT2D eigenvalue weighted by atomic mass is 10.1. The first kappa shape index (κ1) is 11.7. The second-order valence-corrected chi connectivity index (χ2v) is 4.16. The van der Waals surface area contributed by atoms with Gasteiger partial charge in [-0.05, 0) is 61.7 Å². The predicted octanol–water partition coefficient (Wildman–Crippen LogP) is 2.34. The molecule has 2 rings (SSSR count). The normalized spacial score (nSPS) is 10.5. The first-order valence-corrected chi connectivity index (χ1v) is 5.87. The van der Waals surface area contributed by atoms with E-state index in [-0.39, 0.29) is 0 Å². The summed E-state index contributed by atoms with van der Waals surface area (Å²) in [5.74, 6) is 0. The van der Waals surface area contributed by atoms with Crippen LogP contribution in [0.15, 0.2) is 36.7 Å². The van der Waals surface area contributed by atoms with Gasteiger partial charge in [0.25, 0.3) is 0 Å². The molecule has 3 nitrogen and oxygen atoms in total. The van der Waals surface area contributed by atoms with Gasteiger partial charge in [0.05, 0.1) is 11.4 Å². The fraction of sp³-hybridized carbons (Fsp3) is 0.286. The summed E-state index contributed by atoms with van der Waals surface area (Å²) in [5.41, 5.74) is 9.85. The van der Waals surface area contributed by atoms with Crippen LogP contribution < -0.4 is 5.73 Å². The third-order valence-corrected chi connectivity index (χ3v) is 2.67. The molecule has 0 aliphatic heterocycles. The Labute approximate surface area is 102 Å². The molecule has 2 N–H and O–H groups in total. The predicted molar refractivity (Wildman–Crippen MR) is 69.6 cm³/mol. The van der Waals surface area contributed by atoms with Crippen molar-refractivity contribution in [3.63, 3.8) is 0 Å². The highest BCUT2D eigenvalue weighted by molar-refractivity contribution is 5.55. The zero-order valence-electron chi connectivity index (χ0n) is 10.1. The summed E-state index contributed by atoms with van der Waals surface area (Å²) in [7, 11) is 0. The van der Waals surface area contributed by atoms with Gasteiger partial charge in [0.15, 0.2) is 0 Å². The van der Waals surface area contributed by atoms with E-state index in [1.165, 1.54) is 11.1 Å². The van der Waals surface area contributed by atoms with E-state index in [4.69, 9.17) is 5.73 Å². The maximum absolute atomic E-state index is 5.52. The van der Waals surface area contributed by atoms with Crippen molar-refractivity contribution >= 4 is 0 Å². The van der Waals surface area contributed by atoms with Crippen LogP contribution in [0.5, 0.6) is 0 Å². The molecule has 0 aromatic carbocycles. The van der Waals surface area contributed by atoms with Crippen LogP contribution in [0.1, 0.15) is 17.5 Å². The van der Waals surface area contributed by atoms with Crippen molar-refractivity contribution in [1.82, 2.24) is 9.97 Å². The number of aromatic nitrogens is 2. The Morgan fingerprint density at radius 1 is 1.06 bits per heavy atom. The monoisotopic (exact) mass is 227 g/mol. The SMILES string of the molecule is Cc1ccnc(-c2cc(CCCN)ccn2)c1. The number of hydrogen-bond donors (Lipinski definition) is 1. The van der Waals surface area contributed by atoms with E-state index >= 15 is 0 Å². The largest absolute Gasteiger partial charge is 0.330 e. The Kier molecular flexibility index (Phi) is 3.83. The molecular formula is C14H17N3. The Morgan fingerprint density at radius 2 is 1.76 bits per heavy atom. The van der Waals surface area contributed by atoms with Crippen LogP contribution >= 0.6 is 0 Å². The summed E-state index contributed by atoms with van der Waals surface area (Å²) in [6, 6.07) is 8.17. The van der Waals surface area contributed by atoms with Crippen LogP contribution in [0.2, 0.25) is 0 Å². The van der Waals surface area contributed by atoms with Gasteiger partial charge in [-0.25, -0.2) is 0 Å². The van der Waals surface area contributed by atoms with E-state index in [9.17, 15) is 0 Å². The van der Waals surface area contributed by atoms with E-state index in [0.29, 0.717) is 0 Å². The molecule has 17 heavy (non-hydrogen) atoms. The third-order valence-electron chi connectivity index (χ3n) is 2.67. The molecule has 0 aliphatic carbocycles. The molecule has 0 aliphatic rings. The molecule has 0 fully saturated rings. The van der Waals surface area contributed by atoms with Gasteiger partial charge in [0.2, 0.25) is 0 Å². The highest BCUT2D eigenvalue weighted by Crippen LogP contribution is 2.16. The second kappa shape index (κ2) is 5.55. The van der Waals surface area contributed by atoms with Gasteiger partial charge >= 0.3 is 0 Å². The first-order valence-electron chi connectivity index (χ1n) is 5.87. The molecule has 88 valence electrons. The maximum atomic E-state index is 5.52. The summed E-state index contributed by atoms with van der Waals surface area (Å²) in [4.78, 5) is 8.71. The summed E-state index contributed by atoms with van der Waals surface area (Å²) in [6.45, 7) is 2.78. The number of pyridine rings is 2. The summed E-state index contributed by atoms with van der Waals surface area (Å²) >= 11 is 0. The van der Waals surface area contributed by atoms with Crippen LogP contribution in [-0.4, -0.2) is 16.5 Å². The fourth-order valence-corrected chi connectivity index (χ4v) is 1.75. The van der Waals surface area contributed by atoms with Crippen LogP contribution in [0, 0.1) is 6.92 Å². The minimum absolute atomic E-state index is 0.723. The zero-order chi connectivity index (χ0) is 12.1. The van der Waals surface area contributed by atoms with Crippen molar-refractivity contribution in [1.29, 1.82) is 0 Å². The fourth-order valence-electron chi connectivity index (χ4n) is 1.75. The lowest BCUT2D eigenvalue weighted by Gasteiger charge is -2.04. The third kappa shape index (κ3) is 3.11. The van der Waals surface area contributed by atoms with E-state index < -0.39 is 0 Å². The average molecular weight is 227 g/mol. The second-order valence-electron chi connectivity index (χ2n) is 4.16. The molecule has 2 heterocycles. The molecule has 2 aromatic rings. The van der Waals surface area contributed by atoms with Crippen LogP contribution in [0.25, 0.3) is 11.4 Å². The lowest BCUT2D eigenvalue weighted by Crippen LogP contribution is -2.00. The van der Waals surface area contributed by atoms with E-state index in [1.807, 2.05) is 24.5 Å². The number of nitrogens with two attached hydrogens (primary N) is 1. The Morgan fingerprint density at radius 3 is 2.47 bits per heavy atom. The van der Waals surface area contributed by atoms with Crippen LogP contribution in [0.4, 0.5) is 0 Å². The van der Waals surface area contributed by atoms with Gasteiger partial charge in [0.1, 0.15) is 0 Å². The topological polar surface area (TPSA) is 51.8 Å². The maximum Gasteiger partial charge on any atom is 0.0888 e. The van der Waals surface area contributed by atoms with Crippen molar-refractivity contribution in [3.8, 4) is 11.4 Å². The lowest BCUT2D eigenvalue weighted by molar-refractivity contribution is 0.831. The van der Waals surface area contributed by atoms with Crippen molar-refractivity contribution in [2.24, 2.45) is 5.73 Å². The average Bonchev–Trinajstić information content (AvgIpc) is 2.37. The molecule has 0 amide bonds. The smallest absolute Gasteiger partial charge is 0.0888 e. The summed E-state index contributed by atoms with van der Waals surface area (Å²) in [6.07, 6.45) is 5.66.